The molecule has 1 aliphatic rings. The molecule has 1 saturated heterocycles. The molecule has 1 aromatic rings. The van der Waals surface area contributed by atoms with Crippen LogP contribution in [-0.2, 0) is 0 Å². The average molecular weight is 349 g/mol. The first-order chi connectivity index (χ1) is 9.11. The summed E-state index contributed by atoms with van der Waals surface area (Å²) >= 11 is 9.33. The number of pyridine rings is 1. The molecule has 0 aromatic carbocycles. The third-order valence-corrected chi connectivity index (χ3v) is 4.48. The van der Waals surface area contributed by atoms with Crippen molar-refractivity contribution in [2.24, 2.45) is 5.92 Å². The Balaban J connectivity index is 1.96. The van der Waals surface area contributed by atoms with Crippen molar-refractivity contribution in [2.45, 2.75) is 12.8 Å². The zero-order chi connectivity index (χ0) is 13.8. The number of aliphatic hydroxyl groups excluding tert-OH is 1. The maximum atomic E-state index is 12.1. The molecule has 1 fully saturated rings. The first-order valence-electron chi connectivity index (χ1n) is 6.07. The van der Waals surface area contributed by atoms with Gasteiger partial charge in [0.25, 0.3) is 0 Å². The molecule has 0 unspecified atom stereocenters. The Hall–Kier alpha value is -0.850. The fourth-order valence-electron chi connectivity index (χ4n) is 2.02. The molecule has 5 nitrogen and oxygen atoms in total. The van der Waals surface area contributed by atoms with Crippen LogP contribution in [0.3, 0.4) is 0 Å². The zero-order valence-corrected chi connectivity index (χ0v) is 12.6. The number of nitrogens with one attached hydrogen (secondary N) is 1. The maximum absolute atomic E-state index is 12.1. The van der Waals surface area contributed by atoms with Crippen LogP contribution in [0.25, 0.3) is 0 Å². The average Bonchev–Trinajstić information content (AvgIpc) is 2.44. The van der Waals surface area contributed by atoms with Gasteiger partial charge in [-0.25, -0.2) is 4.79 Å². The van der Waals surface area contributed by atoms with Crippen LogP contribution in [-0.4, -0.2) is 40.7 Å². The molecule has 1 aromatic heterocycles. The largest absolute Gasteiger partial charge is 0.396 e. The van der Waals surface area contributed by atoms with E-state index in [2.05, 4.69) is 26.2 Å². The lowest BCUT2D eigenvalue weighted by Crippen LogP contribution is -2.41. The van der Waals surface area contributed by atoms with Gasteiger partial charge in [-0.15, -0.1) is 0 Å². The van der Waals surface area contributed by atoms with Gasteiger partial charge in [-0.3, -0.25) is 4.98 Å². The topological polar surface area (TPSA) is 65.5 Å². The van der Waals surface area contributed by atoms with Crippen molar-refractivity contribution in [3.05, 3.63) is 21.9 Å². The summed E-state index contributed by atoms with van der Waals surface area (Å²) < 4.78 is 0.644. The minimum absolute atomic E-state index is 0.182. The number of piperidine rings is 1. The third kappa shape index (κ3) is 3.58. The van der Waals surface area contributed by atoms with Crippen molar-refractivity contribution < 1.29 is 9.90 Å². The fourth-order valence-corrected chi connectivity index (χ4v) is 2.50. The van der Waals surface area contributed by atoms with Gasteiger partial charge in [0.1, 0.15) is 0 Å². The Morgan fingerprint density at radius 3 is 2.84 bits per heavy atom. The lowest BCUT2D eigenvalue weighted by atomic mass is 9.98. The predicted octanol–water partition coefficient (Wildman–Crippen LogP) is 2.73. The predicted molar refractivity (Wildman–Crippen MR) is 77.3 cm³/mol. The number of amides is 2. The summed E-state index contributed by atoms with van der Waals surface area (Å²) in [5.74, 6) is 0.306. The highest BCUT2D eigenvalue weighted by atomic mass is 79.9. The summed E-state index contributed by atoms with van der Waals surface area (Å²) in [4.78, 5) is 17.8. The first-order valence-corrected chi connectivity index (χ1v) is 7.24. The molecule has 19 heavy (non-hydrogen) atoms. The number of aliphatic hydroxyl groups is 1. The minimum Gasteiger partial charge on any atom is -0.396 e. The fraction of sp³-hybridized carbons (Fsp3) is 0.500. The summed E-state index contributed by atoms with van der Waals surface area (Å²) in [6.45, 7) is 1.49. The van der Waals surface area contributed by atoms with Gasteiger partial charge in [-0.1, -0.05) is 11.6 Å². The van der Waals surface area contributed by atoms with Crippen LogP contribution in [0.2, 0.25) is 5.02 Å². The summed E-state index contributed by atoms with van der Waals surface area (Å²) in [7, 11) is 0. The molecule has 7 heteroatoms. The number of aromatic nitrogens is 1. The van der Waals surface area contributed by atoms with Crippen LogP contribution in [0, 0.1) is 5.92 Å². The van der Waals surface area contributed by atoms with E-state index in [9.17, 15) is 4.79 Å². The number of rotatable bonds is 2. The molecule has 0 atom stereocenters. The van der Waals surface area contributed by atoms with E-state index < -0.39 is 0 Å². The van der Waals surface area contributed by atoms with E-state index in [4.69, 9.17) is 16.7 Å². The van der Waals surface area contributed by atoms with E-state index in [1.807, 2.05) is 0 Å². The summed E-state index contributed by atoms with van der Waals surface area (Å²) in [5, 5.41) is 12.3. The number of hydrogen-bond acceptors (Lipinski definition) is 3. The van der Waals surface area contributed by atoms with Crippen LogP contribution in [0.5, 0.6) is 0 Å². The Bertz CT molecular complexity index is 464. The van der Waals surface area contributed by atoms with E-state index in [1.165, 1.54) is 6.20 Å². The number of anilines is 1. The van der Waals surface area contributed by atoms with Gasteiger partial charge in [-0.05, 0) is 34.7 Å². The number of urea groups is 1. The molecule has 0 saturated carbocycles. The van der Waals surface area contributed by atoms with Crippen LogP contribution in [0.15, 0.2) is 16.9 Å². The van der Waals surface area contributed by atoms with E-state index in [1.54, 1.807) is 11.1 Å². The minimum atomic E-state index is -0.182. The third-order valence-electron chi connectivity index (χ3n) is 3.24. The van der Waals surface area contributed by atoms with Crippen LogP contribution >= 0.6 is 27.5 Å². The summed E-state index contributed by atoms with van der Waals surface area (Å²) in [6.07, 6.45) is 4.75. The quantitative estimate of drug-likeness (QED) is 0.863. The van der Waals surface area contributed by atoms with Crippen LogP contribution in [0.4, 0.5) is 10.5 Å². The molecule has 2 amide bonds. The van der Waals surface area contributed by atoms with Gasteiger partial charge >= 0.3 is 6.03 Å². The number of halogens is 2. The smallest absolute Gasteiger partial charge is 0.321 e. The highest BCUT2D eigenvalue weighted by molar-refractivity contribution is 9.10. The van der Waals surface area contributed by atoms with Crippen molar-refractivity contribution in [3.8, 4) is 0 Å². The zero-order valence-electron chi connectivity index (χ0n) is 10.3. The molecule has 1 aliphatic heterocycles. The van der Waals surface area contributed by atoms with Crippen molar-refractivity contribution >= 4 is 39.2 Å². The second-order valence-corrected chi connectivity index (χ2v) is 5.76. The van der Waals surface area contributed by atoms with Gasteiger partial charge in [0.05, 0.1) is 21.4 Å². The summed E-state index contributed by atoms with van der Waals surface area (Å²) in [5.41, 5.74) is 0.491. The number of likely N-dealkylation sites (tertiary alicyclic amines) is 1. The Morgan fingerprint density at radius 2 is 2.21 bits per heavy atom. The highest BCUT2D eigenvalue weighted by Gasteiger charge is 2.22. The molecule has 2 rings (SSSR count). The number of carbonyl (C=O) groups excluding carboxylic acids is 1. The Kier molecular flexibility index (Phi) is 5.01. The molecular weight excluding hydrogens is 334 g/mol. The number of carbonyl (C=O) groups is 1. The number of hydrogen-bond donors (Lipinski definition) is 2. The monoisotopic (exact) mass is 347 g/mol. The Labute approximate surface area is 125 Å². The molecule has 0 aliphatic carbocycles. The van der Waals surface area contributed by atoms with Crippen molar-refractivity contribution in [3.63, 3.8) is 0 Å². The maximum Gasteiger partial charge on any atom is 0.321 e. The standard InChI is InChI=1S/C12H15BrClN3O2/c13-9-5-15-6-10(11(9)14)16-12(19)17-3-1-8(7-18)2-4-17/h5-6,8,18H,1-4,7H2,(H,16,19). The van der Waals surface area contributed by atoms with Crippen LogP contribution < -0.4 is 5.32 Å². The second kappa shape index (κ2) is 6.54. The first kappa shape index (κ1) is 14.6. The van der Waals surface area contributed by atoms with Gasteiger partial charge in [0.2, 0.25) is 0 Å². The lowest BCUT2D eigenvalue weighted by Gasteiger charge is -2.31. The van der Waals surface area contributed by atoms with Gasteiger partial charge in [0.15, 0.2) is 0 Å². The molecular formula is C12H15BrClN3O2. The lowest BCUT2D eigenvalue weighted by molar-refractivity contribution is 0.143. The van der Waals surface area contributed by atoms with Gasteiger partial charge in [0, 0.05) is 25.9 Å². The van der Waals surface area contributed by atoms with Crippen molar-refractivity contribution in [1.29, 1.82) is 0 Å². The second-order valence-electron chi connectivity index (χ2n) is 4.53. The van der Waals surface area contributed by atoms with E-state index in [0.29, 0.717) is 34.2 Å². The normalized spacial score (nSPS) is 16.5. The summed E-state index contributed by atoms with van der Waals surface area (Å²) in [6, 6.07) is -0.182. The number of nitrogens with zero attached hydrogens (tertiary/aromatic N) is 2. The molecule has 0 radical (unpaired) electrons. The SMILES string of the molecule is O=C(Nc1cncc(Br)c1Cl)N1CCC(CO)CC1. The van der Waals surface area contributed by atoms with Crippen molar-refractivity contribution in [1.82, 2.24) is 9.88 Å². The van der Waals surface area contributed by atoms with Gasteiger partial charge < -0.3 is 15.3 Å². The highest BCUT2D eigenvalue weighted by Crippen LogP contribution is 2.29. The molecule has 2 N–H and O–H groups in total. The van der Waals surface area contributed by atoms with Crippen molar-refractivity contribution in [2.75, 3.05) is 25.0 Å². The molecule has 104 valence electrons. The van der Waals surface area contributed by atoms with E-state index in [-0.39, 0.29) is 12.6 Å². The van der Waals surface area contributed by atoms with Gasteiger partial charge in [-0.2, -0.15) is 0 Å². The van der Waals surface area contributed by atoms with E-state index in [0.717, 1.165) is 12.8 Å². The van der Waals surface area contributed by atoms with E-state index >= 15 is 0 Å². The molecule has 0 bridgehead atoms. The Morgan fingerprint density at radius 1 is 1.53 bits per heavy atom. The molecule has 2 heterocycles. The molecule has 0 spiro atoms. The van der Waals surface area contributed by atoms with Crippen LogP contribution in [0.1, 0.15) is 12.8 Å².